The fourth-order valence-corrected chi connectivity index (χ4v) is 2.74. The van der Waals surface area contributed by atoms with Gasteiger partial charge in [0.1, 0.15) is 11.4 Å². The van der Waals surface area contributed by atoms with Crippen LogP contribution in [0, 0.1) is 13.8 Å². The number of hydrogen-bond acceptors (Lipinski definition) is 4. The molecule has 0 spiro atoms. The van der Waals surface area contributed by atoms with Gasteiger partial charge in [0, 0.05) is 18.3 Å². The monoisotopic (exact) mass is 335 g/mol. The van der Waals surface area contributed by atoms with Crippen molar-refractivity contribution in [3.05, 3.63) is 51.8 Å². The van der Waals surface area contributed by atoms with Crippen LogP contribution in [0.3, 0.4) is 0 Å². The third-order valence-electron chi connectivity index (χ3n) is 3.78. The summed E-state index contributed by atoms with van der Waals surface area (Å²) >= 11 is 6.00. The van der Waals surface area contributed by atoms with E-state index in [0.717, 1.165) is 0 Å². The highest BCUT2D eigenvalue weighted by atomic mass is 35.5. The number of nitrogens with zero attached hydrogens (tertiary/aromatic N) is 1. The van der Waals surface area contributed by atoms with E-state index in [1.165, 1.54) is 7.11 Å². The zero-order valence-corrected chi connectivity index (χ0v) is 14.2. The van der Waals surface area contributed by atoms with Crippen LogP contribution in [-0.2, 0) is 11.8 Å². The van der Waals surface area contributed by atoms with Crippen LogP contribution in [0.1, 0.15) is 32.1 Å². The zero-order valence-electron chi connectivity index (χ0n) is 13.5. The molecule has 0 radical (unpaired) electrons. The number of ether oxygens (including phenoxy) is 2. The van der Waals surface area contributed by atoms with Crippen molar-refractivity contribution >= 4 is 23.4 Å². The summed E-state index contributed by atoms with van der Waals surface area (Å²) in [5.41, 5.74) is 2.12. The first kappa shape index (κ1) is 17.1. The molecule has 5 nitrogen and oxygen atoms in total. The Morgan fingerprint density at radius 3 is 2.48 bits per heavy atom. The number of halogens is 1. The molecule has 0 aliphatic heterocycles. The number of para-hydroxylation sites is 1. The third kappa shape index (κ3) is 3.24. The van der Waals surface area contributed by atoms with Crippen molar-refractivity contribution in [1.29, 1.82) is 0 Å². The lowest BCUT2D eigenvalue weighted by Crippen LogP contribution is -2.13. The van der Waals surface area contributed by atoms with Crippen molar-refractivity contribution in [2.75, 3.05) is 13.7 Å². The van der Waals surface area contributed by atoms with Gasteiger partial charge in [0.25, 0.3) is 0 Å². The highest BCUT2D eigenvalue weighted by molar-refractivity contribution is 6.32. The minimum atomic E-state index is -0.473. The van der Waals surface area contributed by atoms with Gasteiger partial charge in [0.2, 0.25) is 5.78 Å². The van der Waals surface area contributed by atoms with Crippen molar-refractivity contribution in [2.45, 2.75) is 13.8 Å². The molecule has 1 aromatic carbocycles. The average Bonchev–Trinajstić information content (AvgIpc) is 2.75. The predicted octanol–water partition coefficient (Wildman–Crippen LogP) is 3.34. The van der Waals surface area contributed by atoms with E-state index in [1.54, 1.807) is 49.7 Å². The molecule has 2 aromatic rings. The second kappa shape index (κ2) is 6.87. The summed E-state index contributed by atoms with van der Waals surface area (Å²) in [5.74, 6) is -0.244. The van der Waals surface area contributed by atoms with Crippen LogP contribution in [0.4, 0.5) is 0 Å². The Labute approximate surface area is 139 Å². The number of methoxy groups -OCH3 is 1. The molecule has 0 aliphatic carbocycles. The van der Waals surface area contributed by atoms with Crippen molar-refractivity contribution in [3.8, 4) is 5.75 Å². The van der Waals surface area contributed by atoms with Gasteiger partial charge >= 0.3 is 5.97 Å². The molecule has 23 heavy (non-hydrogen) atoms. The highest BCUT2D eigenvalue weighted by Crippen LogP contribution is 2.25. The second-order valence-electron chi connectivity index (χ2n) is 5.13. The van der Waals surface area contributed by atoms with Crippen molar-refractivity contribution < 1.29 is 19.1 Å². The number of ketones is 1. The van der Waals surface area contributed by atoms with Gasteiger partial charge in [-0.15, -0.1) is 0 Å². The van der Waals surface area contributed by atoms with E-state index < -0.39 is 5.97 Å². The van der Waals surface area contributed by atoms with Gasteiger partial charge in [-0.05, 0) is 31.5 Å². The van der Waals surface area contributed by atoms with E-state index in [0.29, 0.717) is 33.3 Å². The Hall–Kier alpha value is -2.27. The lowest BCUT2D eigenvalue weighted by atomic mass is 10.1. The normalized spacial score (nSPS) is 10.5. The molecule has 2 rings (SSSR count). The largest absolute Gasteiger partial charge is 0.484 e. The number of benzene rings is 1. The number of esters is 1. The summed E-state index contributed by atoms with van der Waals surface area (Å²) in [6.07, 6.45) is 0. The van der Waals surface area contributed by atoms with Crippen molar-refractivity contribution in [1.82, 2.24) is 4.57 Å². The maximum absolute atomic E-state index is 12.5. The van der Waals surface area contributed by atoms with Gasteiger partial charge in [0.15, 0.2) is 6.61 Å². The first-order valence-corrected chi connectivity index (χ1v) is 7.41. The van der Waals surface area contributed by atoms with Gasteiger partial charge in [-0.3, -0.25) is 4.79 Å². The minimum Gasteiger partial charge on any atom is -0.484 e. The number of carbonyl (C=O) groups excluding carboxylic acids is 2. The first-order chi connectivity index (χ1) is 10.9. The molecule has 1 aromatic heterocycles. The highest BCUT2D eigenvalue weighted by Gasteiger charge is 2.25. The Kier molecular flexibility index (Phi) is 5.11. The lowest BCUT2D eigenvalue weighted by molar-refractivity contribution is 0.0588. The Morgan fingerprint density at radius 1 is 1.22 bits per heavy atom. The van der Waals surface area contributed by atoms with Crippen LogP contribution in [0.25, 0.3) is 0 Å². The fraction of sp³-hybridized carbons (Fsp3) is 0.294. The van der Waals surface area contributed by atoms with Crippen molar-refractivity contribution in [3.63, 3.8) is 0 Å². The molecule has 122 valence electrons. The molecule has 0 fully saturated rings. The molecular formula is C17H18ClNO4. The second-order valence-corrected chi connectivity index (χ2v) is 5.53. The quantitative estimate of drug-likeness (QED) is 0.621. The predicted molar refractivity (Wildman–Crippen MR) is 87.5 cm³/mol. The molecule has 1 heterocycles. The standard InChI is InChI=1S/C17H18ClNO4/c1-10-15(11(2)19(3)16(10)17(21)22-4)13(20)9-23-14-8-6-5-7-12(14)18/h5-8H,9H2,1-4H3. The molecule has 0 saturated heterocycles. The number of hydrogen-bond donors (Lipinski definition) is 0. The van der Waals surface area contributed by atoms with E-state index in [1.807, 2.05) is 0 Å². The summed E-state index contributed by atoms with van der Waals surface area (Å²) in [5, 5.41) is 0.442. The van der Waals surface area contributed by atoms with Gasteiger partial charge in [-0.2, -0.15) is 0 Å². The maximum Gasteiger partial charge on any atom is 0.354 e. The molecule has 0 aliphatic rings. The maximum atomic E-state index is 12.5. The summed E-state index contributed by atoms with van der Waals surface area (Å²) < 4.78 is 11.9. The van der Waals surface area contributed by atoms with Gasteiger partial charge in [-0.25, -0.2) is 4.79 Å². The molecular weight excluding hydrogens is 318 g/mol. The first-order valence-electron chi connectivity index (χ1n) is 7.03. The van der Waals surface area contributed by atoms with E-state index in [4.69, 9.17) is 21.1 Å². The van der Waals surface area contributed by atoms with Crippen LogP contribution < -0.4 is 4.74 Å². The summed E-state index contributed by atoms with van der Waals surface area (Å²) in [6, 6.07) is 6.95. The van der Waals surface area contributed by atoms with Gasteiger partial charge in [0.05, 0.1) is 12.1 Å². The Morgan fingerprint density at radius 2 is 1.87 bits per heavy atom. The van der Waals surface area contributed by atoms with E-state index in [-0.39, 0.29) is 12.4 Å². The van der Waals surface area contributed by atoms with Crippen LogP contribution >= 0.6 is 11.6 Å². The Bertz CT molecular complexity index is 764. The third-order valence-corrected chi connectivity index (χ3v) is 4.10. The zero-order chi connectivity index (χ0) is 17.1. The summed E-state index contributed by atoms with van der Waals surface area (Å²) in [4.78, 5) is 24.4. The van der Waals surface area contributed by atoms with E-state index in [2.05, 4.69) is 0 Å². The van der Waals surface area contributed by atoms with E-state index in [9.17, 15) is 9.59 Å². The number of rotatable bonds is 5. The van der Waals surface area contributed by atoms with Crippen LogP contribution in [-0.4, -0.2) is 30.0 Å². The summed E-state index contributed by atoms with van der Waals surface area (Å²) in [7, 11) is 3.03. The van der Waals surface area contributed by atoms with Crippen LogP contribution in [0.2, 0.25) is 5.02 Å². The molecule has 0 N–H and O–H groups in total. The molecule has 0 unspecified atom stereocenters. The molecule has 6 heteroatoms. The fourth-order valence-electron chi connectivity index (χ4n) is 2.55. The van der Waals surface area contributed by atoms with Crippen LogP contribution in [0.5, 0.6) is 5.75 Å². The molecule has 0 bridgehead atoms. The molecule has 0 atom stereocenters. The van der Waals surface area contributed by atoms with Gasteiger partial charge in [-0.1, -0.05) is 23.7 Å². The van der Waals surface area contributed by atoms with Crippen LogP contribution in [0.15, 0.2) is 24.3 Å². The van der Waals surface area contributed by atoms with E-state index >= 15 is 0 Å². The molecule has 0 saturated carbocycles. The number of carbonyl (C=O) groups is 2. The molecule has 0 amide bonds. The SMILES string of the molecule is COC(=O)c1c(C)c(C(=O)COc2ccccc2Cl)c(C)n1C. The topological polar surface area (TPSA) is 57.5 Å². The minimum absolute atomic E-state index is 0.157. The average molecular weight is 336 g/mol. The van der Waals surface area contributed by atoms with Crippen molar-refractivity contribution in [2.24, 2.45) is 7.05 Å². The lowest BCUT2D eigenvalue weighted by Gasteiger charge is -2.07. The summed E-state index contributed by atoms with van der Waals surface area (Å²) in [6.45, 7) is 3.35. The number of Topliss-reactive ketones (excluding diaryl/α,β-unsaturated/α-hetero) is 1. The van der Waals surface area contributed by atoms with Gasteiger partial charge < -0.3 is 14.0 Å². The number of aromatic nitrogens is 1. The Balaban J connectivity index is 2.27. The smallest absolute Gasteiger partial charge is 0.354 e.